The van der Waals surface area contributed by atoms with E-state index >= 15 is 0 Å². The van der Waals surface area contributed by atoms with Crippen molar-refractivity contribution >= 4 is 11.9 Å². The van der Waals surface area contributed by atoms with E-state index in [2.05, 4.69) is 45.4 Å². The van der Waals surface area contributed by atoms with Crippen molar-refractivity contribution in [3.63, 3.8) is 0 Å². The molecule has 0 radical (unpaired) electrons. The minimum atomic E-state index is 0. The zero-order chi connectivity index (χ0) is 14.1. The van der Waals surface area contributed by atoms with Gasteiger partial charge in [0.2, 0.25) is 11.9 Å². The Balaban J connectivity index is 0.00000161. The zero-order valence-electron chi connectivity index (χ0n) is 11.8. The molecule has 0 saturated heterocycles. The fraction of sp³-hybridized carbons (Fsp3) is 0.438. The van der Waals surface area contributed by atoms with Gasteiger partial charge in [0.05, 0.1) is 6.04 Å². The topological polar surface area (TPSA) is 76.7 Å². The van der Waals surface area contributed by atoms with Crippen LogP contribution in [0.1, 0.15) is 49.3 Å². The molecule has 1 aromatic heterocycles. The van der Waals surface area contributed by atoms with E-state index in [9.17, 15) is 0 Å². The Morgan fingerprint density at radius 1 is 1.29 bits per heavy atom. The molecule has 1 aliphatic rings. The van der Waals surface area contributed by atoms with Crippen LogP contribution < -0.4 is 11.1 Å². The van der Waals surface area contributed by atoms with Gasteiger partial charge in [-0.15, -0.1) is 0 Å². The van der Waals surface area contributed by atoms with Crippen LogP contribution >= 0.6 is 0 Å². The van der Waals surface area contributed by atoms with E-state index in [1.54, 1.807) is 0 Å². The highest BCUT2D eigenvalue weighted by Crippen LogP contribution is 2.33. The summed E-state index contributed by atoms with van der Waals surface area (Å²) in [6, 6.07) is 6.88. The maximum atomic E-state index is 5.73. The molecule has 0 aliphatic heterocycles. The highest BCUT2D eigenvalue weighted by molar-refractivity contribution is 5.43. The minimum absolute atomic E-state index is 0. The van der Waals surface area contributed by atoms with Gasteiger partial charge in [-0.2, -0.15) is 15.0 Å². The first-order valence-corrected chi connectivity index (χ1v) is 7.02. The van der Waals surface area contributed by atoms with Gasteiger partial charge in [-0.1, -0.05) is 38.1 Å². The van der Waals surface area contributed by atoms with Crippen LogP contribution in [0.15, 0.2) is 18.2 Å². The van der Waals surface area contributed by atoms with Crippen molar-refractivity contribution in [3.8, 4) is 0 Å². The second kappa shape index (κ2) is 6.08. The maximum Gasteiger partial charge on any atom is 0.228 e. The van der Waals surface area contributed by atoms with Gasteiger partial charge >= 0.3 is 0 Å². The lowest BCUT2D eigenvalue weighted by atomic mass is 10.1. The number of aromatic nitrogens is 3. The maximum absolute atomic E-state index is 5.73. The first kappa shape index (κ1) is 15.2. The summed E-state index contributed by atoms with van der Waals surface area (Å²) in [6.07, 6.45) is 2.90. The van der Waals surface area contributed by atoms with Crippen LogP contribution in [-0.4, -0.2) is 15.0 Å². The molecule has 1 atom stereocenters. The summed E-state index contributed by atoms with van der Waals surface area (Å²) >= 11 is 0. The molecule has 5 heteroatoms. The second-order valence-electron chi connectivity index (χ2n) is 5.22. The quantitative estimate of drug-likeness (QED) is 0.906. The lowest BCUT2D eigenvalue weighted by Gasteiger charge is -2.15. The second-order valence-corrected chi connectivity index (χ2v) is 5.22. The normalized spacial score (nSPS) is 16.2. The van der Waals surface area contributed by atoms with Crippen molar-refractivity contribution in [2.24, 2.45) is 0 Å². The SMILES string of the molecule is C.CCc1nc(N)nc(NC2CCc3ccc(C)cc32)n1. The third-order valence-electron chi connectivity index (χ3n) is 3.70. The van der Waals surface area contributed by atoms with Gasteiger partial charge in [0.15, 0.2) is 0 Å². The highest BCUT2D eigenvalue weighted by atomic mass is 15.2. The molecular weight excluding hydrogens is 262 g/mol. The van der Waals surface area contributed by atoms with Gasteiger partial charge in [-0.3, -0.25) is 0 Å². The number of nitrogens with one attached hydrogen (secondary N) is 1. The van der Waals surface area contributed by atoms with Crippen LogP contribution in [0.4, 0.5) is 11.9 Å². The number of nitrogens with two attached hydrogens (primary N) is 1. The Morgan fingerprint density at radius 2 is 2.10 bits per heavy atom. The summed E-state index contributed by atoms with van der Waals surface area (Å²) < 4.78 is 0. The summed E-state index contributed by atoms with van der Waals surface area (Å²) in [5, 5.41) is 3.40. The molecule has 0 amide bonds. The van der Waals surface area contributed by atoms with E-state index < -0.39 is 0 Å². The lowest BCUT2D eigenvalue weighted by Crippen LogP contribution is -2.13. The fourth-order valence-corrected chi connectivity index (χ4v) is 2.69. The molecule has 3 rings (SSSR count). The molecule has 112 valence electrons. The molecule has 0 fully saturated rings. The highest BCUT2D eigenvalue weighted by Gasteiger charge is 2.23. The Labute approximate surface area is 126 Å². The summed E-state index contributed by atoms with van der Waals surface area (Å²) in [6.45, 7) is 4.12. The summed E-state index contributed by atoms with van der Waals surface area (Å²) in [7, 11) is 0. The average molecular weight is 285 g/mol. The van der Waals surface area contributed by atoms with Crippen molar-refractivity contribution in [3.05, 3.63) is 40.7 Å². The molecule has 1 heterocycles. The number of nitrogen functional groups attached to an aromatic ring is 1. The van der Waals surface area contributed by atoms with Crippen molar-refractivity contribution in [1.29, 1.82) is 0 Å². The first-order valence-electron chi connectivity index (χ1n) is 7.02. The number of aryl methyl sites for hydroxylation is 3. The van der Waals surface area contributed by atoms with Gasteiger partial charge in [0.25, 0.3) is 0 Å². The Bertz CT molecular complexity index is 639. The summed E-state index contributed by atoms with van der Waals surface area (Å²) in [5.41, 5.74) is 9.76. The zero-order valence-corrected chi connectivity index (χ0v) is 11.8. The van der Waals surface area contributed by atoms with Gasteiger partial charge in [0.1, 0.15) is 5.82 Å². The number of anilines is 2. The van der Waals surface area contributed by atoms with Gasteiger partial charge in [0, 0.05) is 6.42 Å². The van der Waals surface area contributed by atoms with Crippen molar-refractivity contribution < 1.29 is 0 Å². The third kappa shape index (κ3) is 3.12. The predicted octanol–water partition coefficient (Wildman–Crippen LogP) is 3.06. The monoisotopic (exact) mass is 285 g/mol. The van der Waals surface area contributed by atoms with Gasteiger partial charge < -0.3 is 11.1 Å². The van der Waals surface area contributed by atoms with Crippen LogP contribution in [0.25, 0.3) is 0 Å². The Morgan fingerprint density at radius 3 is 2.86 bits per heavy atom. The third-order valence-corrected chi connectivity index (χ3v) is 3.70. The standard InChI is InChI=1S/C15H19N5.CH4/c1-3-13-18-14(16)20-15(19-13)17-12-7-6-10-5-4-9(2)8-11(10)12;/h4-5,8,12H,3,6-7H2,1-2H3,(H3,16,17,18,19,20);1H4. The van der Waals surface area contributed by atoms with Crippen LogP contribution in [-0.2, 0) is 12.8 Å². The van der Waals surface area contributed by atoms with E-state index in [-0.39, 0.29) is 19.4 Å². The number of fused-ring (bicyclic) bond motifs is 1. The molecule has 0 bridgehead atoms. The number of benzene rings is 1. The van der Waals surface area contributed by atoms with Gasteiger partial charge in [-0.25, -0.2) is 0 Å². The van der Waals surface area contributed by atoms with Crippen molar-refractivity contribution in [1.82, 2.24) is 15.0 Å². The fourth-order valence-electron chi connectivity index (χ4n) is 2.69. The number of hydrogen-bond acceptors (Lipinski definition) is 5. The molecule has 21 heavy (non-hydrogen) atoms. The molecule has 1 aromatic carbocycles. The van der Waals surface area contributed by atoms with E-state index in [0.29, 0.717) is 5.95 Å². The van der Waals surface area contributed by atoms with E-state index in [0.717, 1.165) is 25.1 Å². The Hall–Kier alpha value is -2.17. The van der Waals surface area contributed by atoms with Crippen LogP contribution in [0.3, 0.4) is 0 Å². The van der Waals surface area contributed by atoms with Crippen molar-refractivity contribution in [2.45, 2.75) is 46.6 Å². The molecule has 2 aromatic rings. The number of hydrogen-bond donors (Lipinski definition) is 2. The van der Waals surface area contributed by atoms with Gasteiger partial charge in [-0.05, 0) is 30.9 Å². The van der Waals surface area contributed by atoms with E-state index in [1.807, 2.05) is 6.92 Å². The molecule has 5 nitrogen and oxygen atoms in total. The average Bonchev–Trinajstić information content (AvgIpc) is 2.80. The molecular formula is C16H23N5. The van der Waals surface area contributed by atoms with Crippen LogP contribution in [0, 0.1) is 6.92 Å². The van der Waals surface area contributed by atoms with E-state index in [4.69, 9.17) is 5.73 Å². The Kier molecular flexibility index (Phi) is 4.40. The molecule has 1 unspecified atom stereocenters. The van der Waals surface area contributed by atoms with Crippen LogP contribution in [0.2, 0.25) is 0 Å². The van der Waals surface area contributed by atoms with E-state index in [1.165, 1.54) is 16.7 Å². The summed E-state index contributed by atoms with van der Waals surface area (Å²) in [4.78, 5) is 12.7. The molecule has 1 aliphatic carbocycles. The first-order chi connectivity index (χ1) is 9.65. The largest absolute Gasteiger partial charge is 0.368 e. The lowest BCUT2D eigenvalue weighted by molar-refractivity contribution is 0.745. The summed E-state index contributed by atoms with van der Waals surface area (Å²) in [5.74, 6) is 1.58. The number of rotatable bonds is 3. The predicted molar refractivity (Wildman–Crippen MR) is 86.2 cm³/mol. The molecule has 3 N–H and O–H groups in total. The molecule has 0 spiro atoms. The minimum Gasteiger partial charge on any atom is -0.368 e. The smallest absolute Gasteiger partial charge is 0.228 e. The molecule has 0 saturated carbocycles. The van der Waals surface area contributed by atoms with Crippen LogP contribution in [0.5, 0.6) is 0 Å². The number of nitrogens with zero attached hydrogens (tertiary/aromatic N) is 3. The van der Waals surface area contributed by atoms with Crippen molar-refractivity contribution in [2.75, 3.05) is 11.1 Å².